The molecule has 2 aliphatic heterocycles. The summed E-state index contributed by atoms with van der Waals surface area (Å²) in [6, 6.07) is 4.01. The molecule has 2 aromatic rings. The third-order valence-electron chi connectivity index (χ3n) is 5.58. The first-order valence-corrected chi connectivity index (χ1v) is 10.0. The van der Waals surface area contributed by atoms with E-state index in [-0.39, 0.29) is 23.8 Å². The van der Waals surface area contributed by atoms with E-state index in [2.05, 4.69) is 20.0 Å². The van der Waals surface area contributed by atoms with Crippen LogP contribution in [0.3, 0.4) is 0 Å². The maximum atomic E-state index is 12.9. The van der Waals surface area contributed by atoms with Crippen LogP contribution >= 0.6 is 0 Å². The molecule has 0 saturated carbocycles. The summed E-state index contributed by atoms with van der Waals surface area (Å²) in [7, 11) is 0. The molecular formula is C20H26N6O3. The first-order valence-electron chi connectivity index (χ1n) is 10.0. The predicted octanol–water partition coefficient (Wildman–Crippen LogP) is 1.35. The molecule has 1 atom stereocenters. The van der Waals surface area contributed by atoms with Gasteiger partial charge in [-0.2, -0.15) is 4.98 Å². The maximum absolute atomic E-state index is 12.9. The summed E-state index contributed by atoms with van der Waals surface area (Å²) in [6.07, 6.45) is 2.07. The lowest BCUT2D eigenvalue weighted by Crippen LogP contribution is -2.51. The van der Waals surface area contributed by atoms with Crippen molar-refractivity contribution in [2.24, 2.45) is 5.92 Å². The van der Waals surface area contributed by atoms with Gasteiger partial charge in [-0.25, -0.2) is 4.98 Å². The normalized spacial score (nSPS) is 20.1. The Morgan fingerprint density at radius 3 is 2.52 bits per heavy atom. The van der Waals surface area contributed by atoms with E-state index >= 15 is 0 Å². The molecular weight excluding hydrogens is 372 g/mol. The van der Waals surface area contributed by atoms with Gasteiger partial charge in [-0.1, -0.05) is 5.16 Å². The highest BCUT2D eigenvalue weighted by Crippen LogP contribution is 2.24. The molecule has 4 heterocycles. The summed E-state index contributed by atoms with van der Waals surface area (Å²) >= 11 is 0. The SMILES string of the molecule is Cc1nc(-c2ccc(N3CCN(C(=O)C4CC(=O)N(C(C)C)C4)CC3)nc2)no1. The van der Waals surface area contributed by atoms with E-state index in [0.717, 1.165) is 11.4 Å². The number of hydrogen-bond acceptors (Lipinski definition) is 7. The fourth-order valence-electron chi connectivity index (χ4n) is 3.93. The van der Waals surface area contributed by atoms with Gasteiger partial charge in [0.2, 0.25) is 23.5 Å². The van der Waals surface area contributed by atoms with E-state index in [1.54, 1.807) is 18.0 Å². The molecule has 0 radical (unpaired) electrons. The summed E-state index contributed by atoms with van der Waals surface area (Å²) in [5.41, 5.74) is 0.806. The second-order valence-electron chi connectivity index (χ2n) is 7.90. The van der Waals surface area contributed by atoms with Crippen molar-refractivity contribution in [2.45, 2.75) is 33.2 Å². The quantitative estimate of drug-likeness (QED) is 0.767. The maximum Gasteiger partial charge on any atom is 0.228 e. The van der Waals surface area contributed by atoms with Gasteiger partial charge >= 0.3 is 0 Å². The summed E-state index contributed by atoms with van der Waals surface area (Å²) in [5.74, 6) is 1.87. The Labute approximate surface area is 169 Å². The van der Waals surface area contributed by atoms with Crippen LogP contribution in [0.25, 0.3) is 11.4 Å². The molecule has 0 bridgehead atoms. The average Bonchev–Trinajstić information content (AvgIpc) is 3.33. The van der Waals surface area contributed by atoms with Gasteiger partial charge in [-0.15, -0.1) is 0 Å². The van der Waals surface area contributed by atoms with E-state index in [0.29, 0.717) is 50.9 Å². The van der Waals surface area contributed by atoms with Gasteiger partial charge in [-0.05, 0) is 26.0 Å². The molecule has 2 amide bonds. The molecule has 0 aliphatic carbocycles. The van der Waals surface area contributed by atoms with Crippen molar-refractivity contribution in [3.05, 3.63) is 24.2 Å². The van der Waals surface area contributed by atoms with Crippen LogP contribution in [0.15, 0.2) is 22.9 Å². The molecule has 0 spiro atoms. The Kier molecular flexibility index (Phi) is 5.21. The zero-order valence-corrected chi connectivity index (χ0v) is 17.0. The molecule has 2 fully saturated rings. The van der Waals surface area contributed by atoms with Gasteiger partial charge < -0.3 is 19.2 Å². The molecule has 154 valence electrons. The first kappa shape index (κ1) is 19.4. The van der Waals surface area contributed by atoms with Crippen LogP contribution < -0.4 is 4.90 Å². The van der Waals surface area contributed by atoms with Gasteiger partial charge in [0.05, 0.1) is 5.92 Å². The number of piperazine rings is 1. The minimum Gasteiger partial charge on any atom is -0.353 e. The van der Waals surface area contributed by atoms with Gasteiger partial charge in [0.25, 0.3) is 0 Å². The van der Waals surface area contributed by atoms with Crippen LogP contribution in [-0.4, -0.2) is 75.5 Å². The van der Waals surface area contributed by atoms with E-state index in [4.69, 9.17) is 4.52 Å². The summed E-state index contributed by atoms with van der Waals surface area (Å²) < 4.78 is 5.01. The molecule has 2 saturated heterocycles. The first-order chi connectivity index (χ1) is 13.9. The number of anilines is 1. The minimum absolute atomic E-state index is 0.0815. The fourth-order valence-corrected chi connectivity index (χ4v) is 3.93. The molecule has 9 heteroatoms. The highest BCUT2D eigenvalue weighted by Gasteiger charge is 2.38. The van der Waals surface area contributed by atoms with Crippen molar-refractivity contribution in [3.8, 4) is 11.4 Å². The Morgan fingerprint density at radius 1 is 1.21 bits per heavy atom. The third kappa shape index (κ3) is 3.94. The number of aryl methyl sites for hydroxylation is 1. The van der Waals surface area contributed by atoms with Crippen molar-refractivity contribution in [1.82, 2.24) is 24.9 Å². The topological polar surface area (TPSA) is 95.7 Å². The van der Waals surface area contributed by atoms with Crippen LogP contribution in [0.5, 0.6) is 0 Å². The van der Waals surface area contributed by atoms with E-state index in [1.807, 2.05) is 30.9 Å². The number of nitrogens with zero attached hydrogens (tertiary/aromatic N) is 6. The summed E-state index contributed by atoms with van der Waals surface area (Å²) in [5, 5.41) is 3.91. The van der Waals surface area contributed by atoms with Crippen molar-refractivity contribution < 1.29 is 14.1 Å². The van der Waals surface area contributed by atoms with E-state index in [9.17, 15) is 9.59 Å². The largest absolute Gasteiger partial charge is 0.353 e. The monoisotopic (exact) mass is 398 g/mol. The Bertz CT molecular complexity index is 886. The lowest BCUT2D eigenvalue weighted by molar-refractivity contribution is -0.136. The number of likely N-dealkylation sites (tertiary alicyclic amines) is 1. The molecule has 29 heavy (non-hydrogen) atoms. The number of carbonyl (C=O) groups excluding carboxylic acids is 2. The van der Waals surface area contributed by atoms with Gasteiger partial charge in [-0.3, -0.25) is 9.59 Å². The highest BCUT2D eigenvalue weighted by atomic mass is 16.5. The molecule has 2 aromatic heterocycles. The lowest BCUT2D eigenvalue weighted by atomic mass is 10.1. The lowest BCUT2D eigenvalue weighted by Gasteiger charge is -2.36. The Morgan fingerprint density at radius 2 is 1.97 bits per heavy atom. The Balaban J connectivity index is 1.33. The zero-order valence-electron chi connectivity index (χ0n) is 17.0. The second kappa shape index (κ2) is 7.81. The third-order valence-corrected chi connectivity index (χ3v) is 5.58. The predicted molar refractivity (Wildman–Crippen MR) is 106 cm³/mol. The van der Waals surface area contributed by atoms with Crippen LogP contribution in [0.4, 0.5) is 5.82 Å². The smallest absolute Gasteiger partial charge is 0.228 e. The van der Waals surface area contributed by atoms with Crippen LogP contribution in [-0.2, 0) is 9.59 Å². The summed E-state index contributed by atoms with van der Waals surface area (Å²) in [4.78, 5) is 39.5. The molecule has 0 N–H and O–H groups in total. The fraction of sp³-hybridized carbons (Fsp3) is 0.550. The van der Waals surface area contributed by atoms with Crippen molar-refractivity contribution in [1.29, 1.82) is 0 Å². The second-order valence-corrected chi connectivity index (χ2v) is 7.90. The van der Waals surface area contributed by atoms with Crippen molar-refractivity contribution >= 4 is 17.6 Å². The average molecular weight is 398 g/mol. The van der Waals surface area contributed by atoms with Crippen LogP contribution in [0.1, 0.15) is 26.2 Å². The van der Waals surface area contributed by atoms with Gasteiger partial charge in [0.15, 0.2) is 0 Å². The molecule has 4 rings (SSSR count). The standard InChI is InChI=1S/C20H26N6O3/c1-13(2)26-12-16(10-18(26)27)20(28)25-8-6-24(7-9-25)17-5-4-15(11-21-17)19-22-14(3)29-23-19/h4-5,11,13,16H,6-10,12H2,1-3H3. The zero-order chi connectivity index (χ0) is 20.5. The van der Waals surface area contributed by atoms with Crippen molar-refractivity contribution in [3.63, 3.8) is 0 Å². The van der Waals surface area contributed by atoms with Crippen LogP contribution in [0, 0.1) is 12.8 Å². The molecule has 9 nitrogen and oxygen atoms in total. The number of carbonyl (C=O) groups is 2. The number of pyridine rings is 1. The molecule has 0 aromatic carbocycles. The molecule has 1 unspecified atom stereocenters. The number of amides is 2. The minimum atomic E-state index is -0.215. The highest BCUT2D eigenvalue weighted by molar-refractivity contribution is 5.89. The van der Waals surface area contributed by atoms with Gasteiger partial charge in [0, 0.05) is 63.9 Å². The van der Waals surface area contributed by atoms with E-state index in [1.165, 1.54) is 0 Å². The van der Waals surface area contributed by atoms with Gasteiger partial charge in [0.1, 0.15) is 5.82 Å². The summed E-state index contributed by atoms with van der Waals surface area (Å²) in [6.45, 7) is 8.97. The van der Waals surface area contributed by atoms with Crippen LogP contribution in [0.2, 0.25) is 0 Å². The molecule has 2 aliphatic rings. The number of aromatic nitrogens is 3. The Hall–Kier alpha value is -2.97. The number of hydrogen-bond donors (Lipinski definition) is 0. The number of rotatable bonds is 4. The van der Waals surface area contributed by atoms with E-state index < -0.39 is 0 Å². The van der Waals surface area contributed by atoms with Crippen molar-refractivity contribution in [2.75, 3.05) is 37.6 Å².